The number of hydrogen-bond acceptors (Lipinski definition) is 7. The summed E-state index contributed by atoms with van der Waals surface area (Å²) >= 11 is 0. The van der Waals surface area contributed by atoms with E-state index in [0.717, 1.165) is 5.56 Å². The fourth-order valence-electron chi connectivity index (χ4n) is 6.70. The zero-order valence-corrected chi connectivity index (χ0v) is 30.2. The van der Waals surface area contributed by atoms with Gasteiger partial charge in [0.15, 0.2) is 0 Å². The van der Waals surface area contributed by atoms with E-state index in [2.05, 4.69) is 69.3 Å². The number of carbonyl (C=O) groups is 2. The number of rotatable bonds is 8. The average molecular weight is 660 g/mol. The number of esters is 1. The lowest BCUT2D eigenvalue weighted by molar-refractivity contribution is -0.127. The van der Waals surface area contributed by atoms with Crippen LogP contribution in [0.2, 0.25) is 5.04 Å². The standard InChI is InChI=1S/C38H49NO7Si/c1-26-22-31(33-32(23-26)43-38(8,9)44-34(33)40)42-21-20-27-24-28(25-39(27)35(41)45-36(2,3)4)46-47(37(5,6)7,29-16-12-10-13-17-29)30-18-14-11-15-19-30/h10-19,22-23,27-28H,20-21,24-25H2,1-9H3/t27-,28-/m0/s1. The van der Waals surface area contributed by atoms with Crippen molar-refractivity contribution in [2.75, 3.05) is 13.2 Å². The highest BCUT2D eigenvalue weighted by molar-refractivity contribution is 6.99. The molecular weight excluding hydrogens is 611 g/mol. The topological polar surface area (TPSA) is 83.5 Å². The van der Waals surface area contributed by atoms with Crippen LogP contribution in [0.25, 0.3) is 0 Å². The summed E-state index contributed by atoms with van der Waals surface area (Å²) in [4.78, 5) is 28.4. The molecule has 3 aromatic carbocycles. The van der Waals surface area contributed by atoms with Gasteiger partial charge in [0.05, 0.1) is 12.7 Å². The summed E-state index contributed by atoms with van der Waals surface area (Å²) in [6.45, 7) is 18.4. The Morgan fingerprint density at radius 2 is 1.53 bits per heavy atom. The second-order valence-electron chi connectivity index (χ2n) is 15.1. The predicted molar refractivity (Wildman–Crippen MR) is 185 cm³/mol. The molecule has 1 saturated heterocycles. The fraction of sp³-hybridized carbons (Fsp3) is 0.474. The molecule has 1 amide bonds. The monoisotopic (exact) mass is 659 g/mol. The molecule has 0 saturated carbocycles. The van der Waals surface area contributed by atoms with E-state index >= 15 is 0 Å². The maximum Gasteiger partial charge on any atom is 0.410 e. The number of amides is 1. The van der Waals surface area contributed by atoms with Crippen LogP contribution < -0.4 is 19.8 Å². The summed E-state index contributed by atoms with van der Waals surface area (Å²) in [6.07, 6.45) is 0.543. The molecule has 0 unspecified atom stereocenters. The molecule has 0 radical (unpaired) electrons. The van der Waals surface area contributed by atoms with E-state index in [1.165, 1.54) is 10.4 Å². The molecule has 2 aliphatic rings. The maximum atomic E-state index is 13.6. The summed E-state index contributed by atoms with van der Waals surface area (Å²) in [7, 11) is -2.86. The first kappa shape index (κ1) is 34.5. The lowest BCUT2D eigenvalue weighted by Crippen LogP contribution is -2.67. The summed E-state index contributed by atoms with van der Waals surface area (Å²) in [5, 5.41) is 2.18. The van der Waals surface area contributed by atoms with Crippen molar-refractivity contribution >= 4 is 30.8 Å². The fourth-order valence-corrected chi connectivity index (χ4v) is 11.4. The Morgan fingerprint density at radius 3 is 2.09 bits per heavy atom. The van der Waals surface area contributed by atoms with Gasteiger partial charge in [-0.05, 0) is 67.2 Å². The molecule has 0 aliphatic carbocycles. The van der Waals surface area contributed by atoms with Gasteiger partial charge in [-0.25, -0.2) is 9.59 Å². The van der Waals surface area contributed by atoms with E-state index in [0.29, 0.717) is 30.9 Å². The maximum absolute atomic E-state index is 13.6. The van der Waals surface area contributed by atoms with Crippen LogP contribution >= 0.6 is 0 Å². The molecule has 47 heavy (non-hydrogen) atoms. The van der Waals surface area contributed by atoms with Crippen LogP contribution in [-0.4, -0.2) is 62.0 Å². The number of hydrogen-bond donors (Lipinski definition) is 0. The Balaban J connectivity index is 1.43. The minimum absolute atomic E-state index is 0.198. The number of fused-ring (bicyclic) bond motifs is 1. The molecule has 2 heterocycles. The first-order valence-corrected chi connectivity index (χ1v) is 18.4. The SMILES string of the molecule is Cc1cc(OCC[C@H]2C[C@H](O[Si](c3ccccc3)(c3ccccc3)C(C)(C)C)CN2C(=O)OC(C)(C)C)c2c(c1)OC(C)(C)OC2=O. The first-order valence-electron chi connectivity index (χ1n) is 16.5. The van der Waals surface area contributed by atoms with Crippen molar-refractivity contribution in [3.05, 3.63) is 83.9 Å². The third-order valence-corrected chi connectivity index (χ3v) is 13.7. The van der Waals surface area contributed by atoms with Gasteiger partial charge in [0.1, 0.15) is 22.7 Å². The third-order valence-electron chi connectivity index (χ3n) is 8.58. The Hall–Kier alpha value is -3.82. The number of ether oxygens (including phenoxy) is 4. The molecule has 0 bridgehead atoms. The highest BCUT2D eigenvalue weighted by Gasteiger charge is 2.53. The van der Waals surface area contributed by atoms with Gasteiger partial charge in [-0.1, -0.05) is 81.4 Å². The molecule has 8 nitrogen and oxygen atoms in total. The van der Waals surface area contributed by atoms with Crippen LogP contribution in [0.15, 0.2) is 72.8 Å². The van der Waals surface area contributed by atoms with Gasteiger partial charge in [-0.2, -0.15) is 0 Å². The largest absolute Gasteiger partial charge is 0.492 e. The zero-order chi connectivity index (χ0) is 34.2. The minimum atomic E-state index is -2.86. The molecule has 9 heteroatoms. The van der Waals surface area contributed by atoms with Gasteiger partial charge in [-0.15, -0.1) is 0 Å². The van der Waals surface area contributed by atoms with Crippen LogP contribution in [0.4, 0.5) is 4.79 Å². The van der Waals surface area contributed by atoms with Crippen molar-refractivity contribution < 1.29 is 33.0 Å². The van der Waals surface area contributed by atoms with Gasteiger partial charge in [0.25, 0.3) is 8.32 Å². The Labute approximate surface area is 280 Å². The van der Waals surface area contributed by atoms with Gasteiger partial charge >= 0.3 is 12.1 Å². The quantitative estimate of drug-likeness (QED) is 0.190. The molecule has 2 atom stereocenters. The lowest BCUT2D eigenvalue weighted by Gasteiger charge is -2.44. The highest BCUT2D eigenvalue weighted by atomic mass is 28.4. The number of aryl methyl sites for hydroxylation is 1. The number of likely N-dealkylation sites (tertiary alicyclic amines) is 1. The normalized spacial score (nSPS) is 19.4. The summed E-state index contributed by atoms with van der Waals surface area (Å²) in [5.74, 6) is -0.701. The number of cyclic esters (lactones) is 1. The van der Waals surface area contributed by atoms with Crippen molar-refractivity contribution in [3.63, 3.8) is 0 Å². The van der Waals surface area contributed by atoms with Crippen molar-refractivity contribution in [3.8, 4) is 11.5 Å². The van der Waals surface area contributed by atoms with E-state index in [4.69, 9.17) is 23.4 Å². The molecule has 5 rings (SSSR count). The van der Waals surface area contributed by atoms with Crippen molar-refractivity contribution in [2.45, 2.75) is 104 Å². The van der Waals surface area contributed by atoms with Crippen molar-refractivity contribution in [1.29, 1.82) is 0 Å². The summed E-state index contributed by atoms with van der Waals surface area (Å²) < 4.78 is 31.0. The molecule has 2 aliphatic heterocycles. The van der Waals surface area contributed by atoms with Gasteiger partial charge < -0.3 is 28.3 Å². The molecule has 0 aromatic heterocycles. The second-order valence-corrected chi connectivity index (χ2v) is 19.3. The minimum Gasteiger partial charge on any atom is -0.492 e. The van der Waals surface area contributed by atoms with Gasteiger partial charge in [0.2, 0.25) is 5.79 Å². The average Bonchev–Trinajstić information content (AvgIpc) is 3.36. The van der Waals surface area contributed by atoms with Crippen LogP contribution in [0.3, 0.4) is 0 Å². The summed E-state index contributed by atoms with van der Waals surface area (Å²) in [6, 6.07) is 24.5. The third kappa shape index (κ3) is 7.52. The van der Waals surface area contributed by atoms with E-state index in [-0.39, 0.29) is 35.4 Å². The smallest absolute Gasteiger partial charge is 0.410 e. The van der Waals surface area contributed by atoms with Crippen LogP contribution in [0.5, 0.6) is 11.5 Å². The Morgan fingerprint density at radius 1 is 0.936 bits per heavy atom. The van der Waals surface area contributed by atoms with Crippen LogP contribution in [-0.2, 0) is 13.9 Å². The zero-order valence-electron chi connectivity index (χ0n) is 29.2. The van der Waals surface area contributed by atoms with Crippen LogP contribution in [0.1, 0.15) is 84.2 Å². The molecule has 3 aromatic rings. The lowest BCUT2D eigenvalue weighted by atomic mass is 10.1. The number of benzene rings is 3. The first-order chi connectivity index (χ1) is 22.0. The number of carbonyl (C=O) groups excluding carboxylic acids is 2. The van der Waals surface area contributed by atoms with E-state index in [9.17, 15) is 9.59 Å². The van der Waals surface area contributed by atoms with E-state index in [1.54, 1.807) is 18.7 Å². The van der Waals surface area contributed by atoms with Crippen molar-refractivity contribution in [2.24, 2.45) is 0 Å². The van der Waals surface area contributed by atoms with Crippen molar-refractivity contribution in [1.82, 2.24) is 4.90 Å². The van der Waals surface area contributed by atoms with E-state index < -0.39 is 25.7 Å². The molecule has 0 N–H and O–H groups in total. The molecule has 1 fully saturated rings. The Bertz CT molecular complexity index is 1540. The van der Waals surface area contributed by atoms with E-state index in [1.807, 2.05) is 52.0 Å². The molecule has 0 spiro atoms. The Kier molecular flexibility index (Phi) is 9.54. The summed E-state index contributed by atoms with van der Waals surface area (Å²) in [5.41, 5.74) is 0.529. The molecule has 252 valence electrons. The molecular formula is C38H49NO7Si. The second kappa shape index (κ2) is 13.0. The van der Waals surface area contributed by atoms with Crippen LogP contribution in [0, 0.1) is 6.92 Å². The van der Waals surface area contributed by atoms with Gasteiger partial charge in [-0.3, -0.25) is 0 Å². The highest BCUT2D eigenvalue weighted by Crippen LogP contribution is 2.41. The van der Waals surface area contributed by atoms with Gasteiger partial charge in [0, 0.05) is 32.9 Å². The predicted octanol–water partition coefficient (Wildman–Crippen LogP) is 7.00. The number of nitrogens with zero attached hydrogens (tertiary/aromatic N) is 1.